The van der Waals surface area contributed by atoms with Crippen molar-refractivity contribution in [2.75, 3.05) is 46.9 Å². The fraction of sp³-hybridized carbons (Fsp3) is 0.929. The molecule has 1 aliphatic heterocycles. The van der Waals surface area contributed by atoms with Crippen molar-refractivity contribution in [3.63, 3.8) is 0 Å². The number of hydrogen-bond donors (Lipinski definition) is 2. The fourth-order valence-electron chi connectivity index (χ4n) is 2.41. The fourth-order valence-corrected chi connectivity index (χ4v) is 2.41. The minimum atomic E-state index is -0.0579. The van der Waals surface area contributed by atoms with Gasteiger partial charge in [0.05, 0.1) is 6.04 Å². The van der Waals surface area contributed by atoms with Gasteiger partial charge in [0.1, 0.15) is 0 Å². The Labute approximate surface area is 117 Å². The van der Waals surface area contributed by atoms with E-state index in [-0.39, 0.29) is 11.9 Å². The zero-order valence-electron chi connectivity index (χ0n) is 12.6. The molecule has 2 N–H and O–H groups in total. The van der Waals surface area contributed by atoms with Crippen LogP contribution in [0.25, 0.3) is 0 Å². The molecule has 0 aliphatic carbocycles. The smallest absolute Gasteiger partial charge is 0.237 e. The van der Waals surface area contributed by atoms with Gasteiger partial charge in [0, 0.05) is 26.8 Å². The first-order valence-corrected chi connectivity index (χ1v) is 7.32. The summed E-state index contributed by atoms with van der Waals surface area (Å²) in [6.07, 6.45) is 3.30. The number of carbonyl (C=O) groups is 1. The number of amides is 1. The number of nitrogens with one attached hydrogen (secondary N) is 2. The van der Waals surface area contributed by atoms with Crippen molar-refractivity contribution >= 4 is 5.91 Å². The Morgan fingerprint density at radius 2 is 2.16 bits per heavy atom. The van der Waals surface area contributed by atoms with Gasteiger partial charge >= 0.3 is 0 Å². The van der Waals surface area contributed by atoms with Gasteiger partial charge in [0.15, 0.2) is 0 Å². The molecular weight excluding hydrogens is 242 g/mol. The summed E-state index contributed by atoms with van der Waals surface area (Å²) in [5.41, 5.74) is 0. The lowest BCUT2D eigenvalue weighted by Crippen LogP contribution is -2.46. The number of nitrogens with zero attached hydrogens (tertiary/aromatic N) is 1. The number of ether oxygens (including phenoxy) is 1. The summed E-state index contributed by atoms with van der Waals surface area (Å²) < 4.78 is 4.96. The lowest BCUT2D eigenvalue weighted by Gasteiger charge is -2.30. The largest absolute Gasteiger partial charge is 0.385 e. The summed E-state index contributed by atoms with van der Waals surface area (Å²) in [5, 5.41) is 6.33. The predicted octanol–water partition coefficient (Wildman–Crippen LogP) is 0.459. The van der Waals surface area contributed by atoms with E-state index in [0.717, 1.165) is 32.0 Å². The lowest BCUT2D eigenvalue weighted by atomic mass is 9.97. The first kappa shape index (κ1) is 16.4. The molecule has 1 saturated heterocycles. The third-order valence-corrected chi connectivity index (χ3v) is 3.87. The summed E-state index contributed by atoms with van der Waals surface area (Å²) in [6.45, 7) is 6.59. The molecule has 0 saturated carbocycles. The second-order valence-corrected chi connectivity index (χ2v) is 5.45. The summed E-state index contributed by atoms with van der Waals surface area (Å²) in [4.78, 5) is 14.2. The molecule has 1 fully saturated rings. The molecule has 5 nitrogen and oxygen atoms in total. The number of methoxy groups -OCH3 is 1. The average Bonchev–Trinajstić information content (AvgIpc) is 2.43. The van der Waals surface area contributed by atoms with Gasteiger partial charge in [0.25, 0.3) is 0 Å². The van der Waals surface area contributed by atoms with Gasteiger partial charge in [0.2, 0.25) is 5.91 Å². The van der Waals surface area contributed by atoms with Gasteiger partial charge < -0.3 is 15.4 Å². The zero-order valence-corrected chi connectivity index (χ0v) is 12.6. The van der Waals surface area contributed by atoms with Crippen LogP contribution in [0.5, 0.6) is 0 Å². The normalized spacial score (nSPS) is 18.5. The Bertz CT molecular complexity index is 255. The number of rotatable bonds is 8. The van der Waals surface area contributed by atoms with Crippen LogP contribution in [0, 0.1) is 5.92 Å². The highest BCUT2D eigenvalue weighted by molar-refractivity contribution is 5.81. The van der Waals surface area contributed by atoms with Crippen molar-refractivity contribution in [3.05, 3.63) is 0 Å². The van der Waals surface area contributed by atoms with Crippen molar-refractivity contribution in [1.29, 1.82) is 0 Å². The highest BCUT2D eigenvalue weighted by Crippen LogP contribution is 2.13. The Morgan fingerprint density at radius 1 is 1.47 bits per heavy atom. The number of piperidine rings is 1. The number of carbonyl (C=O) groups excluding carboxylic acids is 1. The molecule has 112 valence electrons. The van der Waals surface area contributed by atoms with Crippen LogP contribution in [0.1, 0.15) is 26.2 Å². The average molecular weight is 271 g/mol. The summed E-state index contributed by atoms with van der Waals surface area (Å²) in [6, 6.07) is -0.0579. The first-order chi connectivity index (χ1) is 9.15. The van der Waals surface area contributed by atoms with E-state index in [2.05, 4.69) is 15.5 Å². The van der Waals surface area contributed by atoms with Crippen molar-refractivity contribution in [2.24, 2.45) is 5.92 Å². The molecule has 1 unspecified atom stereocenters. The van der Waals surface area contributed by atoms with Gasteiger partial charge in [-0.25, -0.2) is 0 Å². The number of likely N-dealkylation sites (N-methyl/N-ethyl adjacent to an activating group) is 1. The van der Waals surface area contributed by atoms with E-state index in [4.69, 9.17) is 4.74 Å². The van der Waals surface area contributed by atoms with Crippen LogP contribution in [0.3, 0.4) is 0 Å². The molecule has 0 aromatic carbocycles. The molecule has 19 heavy (non-hydrogen) atoms. The Hall–Kier alpha value is -0.650. The van der Waals surface area contributed by atoms with Crippen LogP contribution in [0.2, 0.25) is 0 Å². The van der Waals surface area contributed by atoms with E-state index in [9.17, 15) is 4.79 Å². The molecule has 0 radical (unpaired) electrons. The second kappa shape index (κ2) is 9.28. The molecule has 1 atom stereocenters. The van der Waals surface area contributed by atoms with E-state index in [1.165, 1.54) is 12.8 Å². The van der Waals surface area contributed by atoms with Crippen LogP contribution < -0.4 is 10.6 Å². The molecule has 0 aromatic rings. The van der Waals surface area contributed by atoms with E-state index in [0.29, 0.717) is 13.2 Å². The lowest BCUT2D eigenvalue weighted by molar-refractivity contribution is -0.125. The first-order valence-electron chi connectivity index (χ1n) is 7.32. The zero-order chi connectivity index (χ0) is 14.1. The van der Waals surface area contributed by atoms with Crippen LogP contribution >= 0.6 is 0 Å². The Kier molecular flexibility index (Phi) is 8.02. The molecule has 0 aromatic heterocycles. The Morgan fingerprint density at radius 3 is 2.79 bits per heavy atom. The van der Waals surface area contributed by atoms with Gasteiger partial charge in [-0.05, 0) is 52.2 Å². The molecule has 1 amide bonds. The van der Waals surface area contributed by atoms with Gasteiger partial charge in [-0.15, -0.1) is 0 Å². The summed E-state index contributed by atoms with van der Waals surface area (Å²) >= 11 is 0. The van der Waals surface area contributed by atoms with Crippen LogP contribution in [-0.4, -0.2) is 63.8 Å². The SMILES string of the molecule is COCCCNC(=O)C(C)N(C)CC1CCNCC1. The van der Waals surface area contributed by atoms with E-state index in [1.54, 1.807) is 7.11 Å². The summed E-state index contributed by atoms with van der Waals surface area (Å²) in [5.74, 6) is 0.836. The van der Waals surface area contributed by atoms with Crippen molar-refractivity contribution < 1.29 is 9.53 Å². The molecule has 1 rings (SSSR count). The standard InChI is InChI=1S/C14H29N3O2/c1-12(14(18)16-7-4-10-19-3)17(2)11-13-5-8-15-9-6-13/h12-13,15H,4-11H2,1-3H3,(H,16,18). The molecule has 5 heteroatoms. The number of hydrogen-bond acceptors (Lipinski definition) is 4. The van der Waals surface area contributed by atoms with Crippen molar-refractivity contribution in [3.8, 4) is 0 Å². The van der Waals surface area contributed by atoms with Gasteiger partial charge in [-0.3, -0.25) is 9.69 Å². The van der Waals surface area contributed by atoms with E-state index >= 15 is 0 Å². The third kappa shape index (κ3) is 6.36. The Balaban J connectivity index is 2.21. The minimum Gasteiger partial charge on any atom is -0.385 e. The van der Waals surface area contributed by atoms with Crippen LogP contribution in [0.4, 0.5) is 0 Å². The molecular formula is C14H29N3O2. The highest BCUT2D eigenvalue weighted by Gasteiger charge is 2.21. The van der Waals surface area contributed by atoms with E-state index < -0.39 is 0 Å². The van der Waals surface area contributed by atoms with Crippen LogP contribution in [-0.2, 0) is 9.53 Å². The van der Waals surface area contributed by atoms with Gasteiger partial charge in [-0.1, -0.05) is 0 Å². The van der Waals surface area contributed by atoms with Crippen molar-refractivity contribution in [2.45, 2.75) is 32.2 Å². The second-order valence-electron chi connectivity index (χ2n) is 5.45. The summed E-state index contributed by atoms with van der Waals surface area (Å²) in [7, 11) is 3.72. The van der Waals surface area contributed by atoms with Crippen molar-refractivity contribution in [1.82, 2.24) is 15.5 Å². The highest BCUT2D eigenvalue weighted by atomic mass is 16.5. The molecule has 1 heterocycles. The quantitative estimate of drug-likeness (QED) is 0.630. The maximum atomic E-state index is 12.0. The maximum absolute atomic E-state index is 12.0. The van der Waals surface area contributed by atoms with Crippen LogP contribution in [0.15, 0.2) is 0 Å². The maximum Gasteiger partial charge on any atom is 0.237 e. The molecule has 1 aliphatic rings. The van der Waals surface area contributed by atoms with Gasteiger partial charge in [-0.2, -0.15) is 0 Å². The topological polar surface area (TPSA) is 53.6 Å². The predicted molar refractivity (Wildman–Crippen MR) is 77.2 cm³/mol. The monoisotopic (exact) mass is 271 g/mol. The third-order valence-electron chi connectivity index (χ3n) is 3.87. The minimum absolute atomic E-state index is 0.0579. The molecule has 0 spiro atoms. The molecule has 0 bridgehead atoms. The van der Waals surface area contributed by atoms with E-state index in [1.807, 2.05) is 14.0 Å².